The van der Waals surface area contributed by atoms with Gasteiger partial charge >= 0.3 is 6.18 Å². The van der Waals surface area contributed by atoms with Crippen LogP contribution in [0.25, 0.3) is 0 Å². The number of halogens is 3. The summed E-state index contributed by atoms with van der Waals surface area (Å²) in [7, 11) is 1.49. The number of para-hydroxylation sites is 1. The maximum atomic E-state index is 14.0. The number of nitriles is 1. The summed E-state index contributed by atoms with van der Waals surface area (Å²) >= 11 is 0. The quantitative estimate of drug-likeness (QED) is 0.824. The van der Waals surface area contributed by atoms with E-state index in [2.05, 4.69) is 5.10 Å². The molecule has 2 N–H and O–H groups in total. The summed E-state index contributed by atoms with van der Waals surface area (Å²) < 4.78 is 52.7. The van der Waals surface area contributed by atoms with Gasteiger partial charge in [0.1, 0.15) is 11.8 Å². The van der Waals surface area contributed by atoms with E-state index in [9.17, 15) is 18.4 Å². The molecule has 0 spiro atoms. The molecule has 9 heteroatoms. The van der Waals surface area contributed by atoms with Gasteiger partial charge < -0.3 is 15.2 Å². The summed E-state index contributed by atoms with van der Waals surface area (Å²) in [5, 5.41) is 14.7. The highest BCUT2D eigenvalue weighted by Crippen LogP contribution is 2.48. The van der Waals surface area contributed by atoms with Crippen molar-refractivity contribution < 1.29 is 22.6 Å². The van der Waals surface area contributed by atoms with Crippen molar-refractivity contribution in [2.75, 3.05) is 12.1 Å². The van der Waals surface area contributed by atoms with E-state index in [0.29, 0.717) is 17.0 Å². The number of fused-ring (bicyclic) bond motifs is 1. The molecule has 0 aromatic heterocycles. The van der Waals surface area contributed by atoms with Crippen LogP contribution in [0.4, 0.5) is 18.9 Å². The summed E-state index contributed by atoms with van der Waals surface area (Å²) in [5.74, 6) is -1.92. The van der Waals surface area contributed by atoms with Crippen LogP contribution in [0.2, 0.25) is 0 Å². The lowest BCUT2D eigenvalue weighted by atomic mass is 9.76. The maximum absolute atomic E-state index is 14.0. The highest BCUT2D eigenvalue weighted by molar-refractivity contribution is 5.96. The fourth-order valence-corrected chi connectivity index (χ4v) is 3.84. The molecule has 6 nitrogen and oxygen atoms in total. The van der Waals surface area contributed by atoms with Crippen molar-refractivity contribution in [3.8, 4) is 11.8 Å². The number of alkyl halides is 3. The molecule has 3 atom stereocenters. The van der Waals surface area contributed by atoms with E-state index in [1.54, 1.807) is 54.6 Å². The third kappa shape index (κ3) is 3.20. The first-order chi connectivity index (χ1) is 14.3. The molecule has 0 fully saturated rings. The molecule has 0 bridgehead atoms. The highest BCUT2D eigenvalue weighted by Gasteiger charge is 2.57. The average Bonchev–Trinajstić information content (AvgIpc) is 3.13. The van der Waals surface area contributed by atoms with Crippen molar-refractivity contribution >= 4 is 11.4 Å². The topological polar surface area (TPSA) is 83.9 Å². The summed E-state index contributed by atoms with van der Waals surface area (Å²) in [6, 6.07) is 16.8. The smallest absolute Gasteiger partial charge is 0.431 e. The van der Waals surface area contributed by atoms with E-state index in [1.165, 1.54) is 12.1 Å². The molecular formula is C21H17F3N4O2. The zero-order valence-electron chi connectivity index (χ0n) is 15.8. The monoisotopic (exact) mass is 414 g/mol. The Morgan fingerprint density at radius 1 is 1.13 bits per heavy atom. The average molecular weight is 414 g/mol. The molecule has 0 aliphatic carbocycles. The van der Waals surface area contributed by atoms with Crippen LogP contribution in [0.5, 0.6) is 5.75 Å². The zero-order chi connectivity index (χ0) is 21.5. The Balaban J connectivity index is 1.88. The minimum atomic E-state index is -4.72. The zero-order valence-corrected chi connectivity index (χ0v) is 15.8. The van der Waals surface area contributed by atoms with E-state index in [4.69, 9.17) is 15.2 Å². The number of hydrazone groups is 1. The highest BCUT2D eigenvalue weighted by atomic mass is 19.4. The molecule has 2 aromatic rings. The predicted molar refractivity (Wildman–Crippen MR) is 103 cm³/mol. The van der Waals surface area contributed by atoms with E-state index in [0.717, 1.165) is 0 Å². The Bertz CT molecular complexity index is 1040. The Hall–Kier alpha value is -3.67. The molecule has 4 rings (SSSR count). The largest absolute Gasteiger partial charge is 0.497 e. The number of methoxy groups -OCH3 is 1. The van der Waals surface area contributed by atoms with Gasteiger partial charge in [-0.05, 0) is 29.8 Å². The van der Waals surface area contributed by atoms with Gasteiger partial charge in [0.25, 0.3) is 0 Å². The molecule has 2 heterocycles. The number of nitrogens with zero attached hydrogens (tertiary/aromatic N) is 3. The molecule has 0 saturated heterocycles. The first-order valence-electron chi connectivity index (χ1n) is 9.05. The lowest BCUT2D eigenvalue weighted by molar-refractivity contribution is -0.0658. The molecule has 2 aliphatic rings. The van der Waals surface area contributed by atoms with Crippen LogP contribution in [-0.4, -0.2) is 25.2 Å². The molecule has 30 heavy (non-hydrogen) atoms. The Labute approximate surface area is 170 Å². The molecule has 0 amide bonds. The van der Waals surface area contributed by atoms with Crippen molar-refractivity contribution in [3.05, 3.63) is 71.6 Å². The molecule has 0 radical (unpaired) electrons. The van der Waals surface area contributed by atoms with Crippen molar-refractivity contribution in [2.45, 2.75) is 18.3 Å². The molecule has 0 saturated carbocycles. The van der Waals surface area contributed by atoms with Crippen LogP contribution in [-0.2, 0) is 4.74 Å². The number of allylic oxidation sites excluding steroid dienone is 1. The number of ether oxygens (including phenoxy) is 2. The van der Waals surface area contributed by atoms with Crippen LogP contribution in [0.3, 0.4) is 0 Å². The van der Waals surface area contributed by atoms with Gasteiger partial charge in [0.2, 0.25) is 12.1 Å². The third-order valence-corrected chi connectivity index (χ3v) is 5.17. The van der Waals surface area contributed by atoms with Gasteiger partial charge in [-0.15, -0.1) is 0 Å². The Morgan fingerprint density at radius 3 is 2.37 bits per heavy atom. The molecule has 0 unspecified atom stereocenters. The van der Waals surface area contributed by atoms with Crippen molar-refractivity contribution in [1.82, 2.24) is 0 Å². The summed E-state index contributed by atoms with van der Waals surface area (Å²) in [5.41, 5.74) is 5.81. The van der Waals surface area contributed by atoms with Crippen LogP contribution in [0, 0.1) is 17.2 Å². The van der Waals surface area contributed by atoms with Gasteiger partial charge in [0.05, 0.1) is 24.3 Å². The van der Waals surface area contributed by atoms with Crippen LogP contribution >= 0.6 is 0 Å². The van der Waals surface area contributed by atoms with Gasteiger partial charge in [-0.25, -0.2) is 5.01 Å². The second kappa shape index (κ2) is 7.30. The number of anilines is 1. The van der Waals surface area contributed by atoms with Crippen LogP contribution in [0.15, 0.2) is 71.2 Å². The third-order valence-electron chi connectivity index (χ3n) is 5.17. The lowest BCUT2D eigenvalue weighted by Gasteiger charge is -2.37. The van der Waals surface area contributed by atoms with Gasteiger partial charge in [-0.2, -0.15) is 23.5 Å². The molecular weight excluding hydrogens is 397 g/mol. The number of hydrogen-bond acceptors (Lipinski definition) is 6. The van der Waals surface area contributed by atoms with E-state index in [1.807, 2.05) is 6.07 Å². The molecule has 2 aromatic carbocycles. The van der Waals surface area contributed by atoms with Crippen molar-refractivity contribution in [1.29, 1.82) is 5.26 Å². The Morgan fingerprint density at radius 2 is 1.80 bits per heavy atom. The van der Waals surface area contributed by atoms with Gasteiger partial charge in [0.15, 0.2) is 5.71 Å². The first kappa shape index (κ1) is 19.6. The van der Waals surface area contributed by atoms with E-state index in [-0.39, 0.29) is 11.5 Å². The lowest BCUT2D eigenvalue weighted by Crippen LogP contribution is -2.46. The summed E-state index contributed by atoms with van der Waals surface area (Å²) in [6.45, 7) is 0. The van der Waals surface area contributed by atoms with Gasteiger partial charge in [-0.3, -0.25) is 0 Å². The van der Waals surface area contributed by atoms with E-state index >= 15 is 0 Å². The summed E-state index contributed by atoms with van der Waals surface area (Å²) in [4.78, 5) is 0. The molecule has 154 valence electrons. The number of hydrogen-bond donors (Lipinski definition) is 1. The minimum absolute atomic E-state index is 0.0618. The van der Waals surface area contributed by atoms with Crippen molar-refractivity contribution in [3.63, 3.8) is 0 Å². The normalized spacial score (nSPS) is 23.4. The van der Waals surface area contributed by atoms with Gasteiger partial charge in [0, 0.05) is 5.92 Å². The van der Waals surface area contributed by atoms with Crippen LogP contribution in [0.1, 0.15) is 11.5 Å². The fourth-order valence-electron chi connectivity index (χ4n) is 3.84. The maximum Gasteiger partial charge on any atom is 0.431 e. The number of rotatable bonds is 3. The fraction of sp³-hybridized carbons (Fsp3) is 0.238. The Kier molecular flexibility index (Phi) is 4.78. The number of nitrogens with two attached hydrogens (primary N) is 1. The van der Waals surface area contributed by atoms with E-state index < -0.39 is 30.0 Å². The summed E-state index contributed by atoms with van der Waals surface area (Å²) in [6.07, 6.45) is -5.86. The SMILES string of the molecule is COc1ccc([C@@H]2C(C#N)=C(N)O[C@H]3[C@@H]2C(C(F)(F)F)=NN3c2ccccc2)cc1. The first-order valence-corrected chi connectivity index (χ1v) is 9.05. The van der Waals surface area contributed by atoms with Crippen LogP contribution < -0.4 is 15.5 Å². The van der Waals surface area contributed by atoms with Gasteiger partial charge in [-0.1, -0.05) is 30.3 Å². The predicted octanol–water partition coefficient (Wildman–Crippen LogP) is 3.88. The number of benzene rings is 2. The molecule has 2 aliphatic heterocycles. The minimum Gasteiger partial charge on any atom is -0.497 e. The second-order valence-electron chi connectivity index (χ2n) is 6.84. The van der Waals surface area contributed by atoms with Crippen molar-refractivity contribution in [2.24, 2.45) is 16.8 Å². The second-order valence-corrected chi connectivity index (χ2v) is 6.84. The standard InChI is InChI=1S/C21H17F3N4O2/c1-29-14-9-7-12(8-10-14)16-15(11-25)19(26)30-20-17(16)18(21(22,23)24)27-28(20)13-5-3-2-4-6-13/h2-10,16-17,20H,26H2,1H3/t16-,17+,20+/m1/s1.